The highest BCUT2D eigenvalue weighted by atomic mass is 16.5. The van der Waals surface area contributed by atoms with Crippen LogP contribution in [0.3, 0.4) is 0 Å². The van der Waals surface area contributed by atoms with Gasteiger partial charge in [-0.3, -0.25) is 4.79 Å². The fraction of sp³-hybridized carbons (Fsp3) is 0.774. The average Bonchev–Trinajstić information content (AvgIpc) is 3.11. The fourth-order valence-corrected chi connectivity index (χ4v) is 8.81. The number of esters is 1. The van der Waals surface area contributed by atoms with E-state index in [0.29, 0.717) is 28.6 Å². The van der Waals surface area contributed by atoms with E-state index in [-0.39, 0.29) is 12.1 Å². The van der Waals surface area contributed by atoms with E-state index in [0.717, 1.165) is 37.0 Å². The highest BCUT2D eigenvalue weighted by Gasteiger charge is 2.58. The van der Waals surface area contributed by atoms with Crippen molar-refractivity contribution in [3.63, 3.8) is 0 Å². The van der Waals surface area contributed by atoms with Crippen molar-refractivity contribution in [2.24, 2.45) is 46.3 Å². The Morgan fingerprint density at radius 3 is 2.48 bits per heavy atom. The predicted octanol–water partition coefficient (Wildman–Crippen LogP) is 8.29. The largest absolute Gasteiger partial charge is 0.463 e. The highest BCUT2D eigenvalue weighted by Crippen LogP contribution is 2.66. The van der Waals surface area contributed by atoms with Gasteiger partial charge >= 0.3 is 5.97 Å². The summed E-state index contributed by atoms with van der Waals surface area (Å²) >= 11 is 0. The van der Waals surface area contributed by atoms with Crippen LogP contribution in [-0.2, 0) is 9.53 Å². The SMILES string of the molecule is C=C(C)[C@@H](/C=C/[C@H](C)C1CCC2C3=CCC4C[C@@H](OC(C)=O)CC[C@]4(C)C3CC[C@@]21C)CC. The van der Waals surface area contributed by atoms with Gasteiger partial charge in [0.25, 0.3) is 0 Å². The summed E-state index contributed by atoms with van der Waals surface area (Å²) in [5.74, 6) is 4.01. The molecule has 0 amide bonds. The summed E-state index contributed by atoms with van der Waals surface area (Å²) in [7, 11) is 0. The van der Waals surface area contributed by atoms with Crippen molar-refractivity contribution in [2.45, 2.75) is 105 Å². The number of hydrogen-bond acceptors (Lipinski definition) is 2. The Bertz CT molecular complexity index is 821. The van der Waals surface area contributed by atoms with Gasteiger partial charge in [0, 0.05) is 6.92 Å². The average molecular weight is 453 g/mol. The van der Waals surface area contributed by atoms with Crippen molar-refractivity contribution in [1.29, 1.82) is 0 Å². The van der Waals surface area contributed by atoms with E-state index in [1.165, 1.54) is 44.1 Å². The molecular formula is C31H48O2. The molecule has 0 spiro atoms. The third-order valence-corrected chi connectivity index (χ3v) is 10.8. The Balaban J connectivity index is 1.51. The summed E-state index contributed by atoms with van der Waals surface area (Å²) in [4.78, 5) is 11.5. The third kappa shape index (κ3) is 4.41. The van der Waals surface area contributed by atoms with Crippen LogP contribution in [0, 0.1) is 46.3 Å². The molecule has 0 heterocycles. The molecule has 4 unspecified atom stereocenters. The molecule has 0 radical (unpaired) electrons. The van der Waals surface area contributed by atoms with Gasteiger partial charge in [-0.1, -0.05) is 63.6 Å². The Morgan fingerprint density at radius 2 is 1.82 bits per heavy atom. The number of allylic oxidation sites excluding steroid dienone is 5. The van der Waals surface area contributed by atoms with E-state index in [1.807, 2.05) is 5.57 Å². The molecule has 0 aromatic rings. The first kappa shape index (κ1) is 24.8. The Hall–Kier alpha value is -1.31. The molecule has 4 rings (SSSR count). The quantitative estimate of drug-likeness (QED) is 0.299. The fourth-order valence-electron chi connectivity index (χ4n) is 8.81. The van der Waals surface area contributed by atoms with E-state index in [2.05, 4.69) is 59.4 Å². The minimum absolute atomic E-state index is 0.113. The highest BCUT2D eigenvalue weighted by molar-refractivity contribution is 5.66. The second kappa shape index (κ2) is 9.38. The second-order valence-electron chi connectivity index (χ2n) is 12.6. The van der Waals surface area contributed by atoms with Gasteiger partial charge in [-0.2, -0.15) is 0 Å². The topological polar surface area (TPSA) is 26.3 Å². The molecule has 4 aliphatic carbocycles. The molecule has 3 fully saturated rings. The molecule has 3 saturated carbocycles. The molecule has 4 aliphatic rings. The van der Waals surface area contributed by atoms with Crippen molar-refractivity contribution in [1.82, 2.24) is 0 Å². The first-order valence-electron chi connectivity index (χ1n) is 13.8. The maximum atomic E-state index is 11.5. The number of hydrogen-bond donors (Lipinski definition) is 0. The van der Waals surface area contributed by atoms with Crippen LogP contribution in [0.5, 0.6) is 0 Å². The molecule has 2 heteroatoms. The molecular weight excluding hydrogens is 404 g/mol. The predicted molar refractivity (Wildman–Crippen MR) is 138 cm³/mol. The molecule has 33 heavy (non-hydrogen) atoms. The number of carbonyl (C=O) groups is 1. The first-order chi connectivity index (χ1) is 15.6. The van der Waals surface area contributed by atoms with Crippen LogP contribution >= 0.6 is 0 Å². The smallest absolute Gasteiger partial charge is 0.302 e. The molecule has 0 saturated heterocycles. The number of carbonyl (C=O) groups excluding carboxylic acids is 1. The Morgan fingerprint density at radius 1 is 1.12 bits per heavy atom. The van der Waals surface area contributed by atoms with Crippen molar-refractivity contribution < 1.29 is 9.53 Å². The van der Waals surface area contributed by atoms with Crippen molar-refractivity contribution in [2.75, 3.05) is 0 Å². The van der Waals surface area contributed by atoms with Crippen LogP contribution in [-0.4, -0.2) is 12.1 Å². The van der Waals surface area contributed by atoms with Crippen LogP contribution < -0.4 is 0 Å². The monoisotopic (exact) mass is 452 g/mol. The second-order valence-corrected chi connectivity index (χ2v) is 12.6. The lowest BCUT2D eigenvalue weighted by Gasteiger charge is -2.58. The zero-order chi connectivity index (χ0) is 24.0. The summed E-state index contributed by atoms with van der Waals surface area (Å²) in [5.41, 5.74) is 3.94. The number of ether oxygens (including phenoxy) is 1. The summed E-state index contributed by atoms with van der Waals surface area (Å²) in [5, 5.41) is 0. The van der Waals surface area contributed by atoms with Gasteiger partial charge in [-0.05, 0) is 111 Å². The Kier molecular flexibility index (Phi) is 7.05. The maximum Gasteiger partial charge on any atom is 0.302 e. The molecule has 9 atom stereocenters. The summed E-state index contributed by atoms with van der Waals surface area (Å²) in [6.07, 6.45) is 18.9. The summed E-state index contributed by atoms with van der Waals surface area (Å²) in [6.45, 7) is 17.9. The molecule has 0 aliphatic heterocycles. The lowest BCUT2D eigenvalue weighted by molar-refractivity contribution is -0.152. The summed E-state index contributed by atoms with van der Waals surface area (Å²) in [6, 6.07) is 0. The van der Waals surface area contributed by atoms with Gasteiger partial charge in [0.15, 0.2) is 0 Å². The number of rotatable bonds is 6. The molecule has 2 nitrogen and oxygen atoms in total. The summed E-state index contributed by atoms with van der Waals surface area (Å²) < 4.78 is 5.64. The van der Waals surface area contributed by atoms with Crippen LogP contribution in [0.2, 0.25) is 0 Å². The van der Waals surface area contributed by atoms with E-state index in [9.17, 15) is 4.79 Å². The van der Waals surface area contributed by atoms with Crippen LogP contribution in [0.4, 0.5) is 0 Å². The Labute approximate surface area is 203 Å². The lowest BCUT2D eigenvalue weighted by Crippen LogP contribution is -2.50. The zero-order valence-electron chi connectivity index (χ0n) is 22.2. The van der Waals surface area contributed by atoms with Crippen LogP contribution in [0.15, 0.2) is 36.0 Å². The van der Waals surface area contributed by atoms with E-state index in [4.69, 9.17) is 4.74 Å². The van der Waals surface area contributed by atoms with Gasteiger partial charge in [0.2, 0.25) is 0 Å². The van der Waals surface area contributed by atoms with E-state index < -0.39 is 0 Å². The first-order valence-corrected chi connectivity index (χ1v) is 13.8. The molecule has 184 valence electrons. The van der Waals surface area contributed by atoms with E-state index in [1.54, 1.807) is 6.92 Å². The maximum absolute atomic E-state index is 11.5. The molecule has 0 N–H and O–H groups in total. The van der Waals surface area contributed by atoms with Crippen molar-refractivity contribution >= 4 is 5.97 Å². The minimum Gasteiger partial charge on any atom is -0.463 e. The molecule has 0 aromatic carbocycles. The molecule has 0 aromatic heterocycles. The van der Waals surface area contributed by atoms with Gasteiger partial charge in [0.1, 0.15) is 6.10 Å². The van der Waals surface area contributed by atoms with Crippen molar-refractivity contribution in [3.8, 4) is 0 Å². The van der Waals surface area contributed by atoms with E-state index >= 15 is 0 Å². The van der Waals surface area contributed by atoms with Gasteiger partial charge in [0.05, 0.1) is 0 Å². The lowest BCUT2D eigenvalue weighted by atomic mass is 9.47. The van der Waals surface area contributed by atoms with Crippen LogP contribution in [0.1, 0.15) is 99.3 Å². The normalized spacial score (nSPS) is 42.0. The zero-order valence-corrected chi connectivity index (χ0v) is 22.2. The van der Waals surface area contributed by atoms with Gasteiger partial charge < -0.3 is 4.74 Å². The van der Waals surface area contributed by atoms with Gasteiger partial charge in [-0.25, -0.2) is 0 Å². The number of fused-ring (bicyclic) bond motifs is 5. The van der Waals surface area contributed by atoms with Gasteiger partial charge in [-0.15, -0.1) is 0 Å². The van der Waals surface area contributed by atoms with Crippen molar-refractivity contribution in [3.05, 3.63) is 36.0 Å². The molecule has 0 bridgehead atoms. The third-order valence-electron chi connectivity index (χ3n) is 10.8. The van der Waals surface area contributed by atoms with Crippen LogP contribution in [0.25, 0.3) is 0 Å². The standard InChI is InChI=1S/C31H48O2/c1-8-23(20(2)3)10-9-21(4)27-13-14-28-26-12-11-24-19-25(33-22(5)32)15-17-30(24,6)29(26)16-18-31(27,28)7/h9-10,12,21,23-25,27-29H,2,8,11,13-19H2,1,3-7H3/b10-9+/t21-,23+,24?,25-,27?,28?,29?,30-,31+/m0/s1. The minimum atomic E-state index is -0.113.